The Bertz CT molecular complexity index is 7590. The molecule has 0 bridgehead atoms. The summed E-state index contributed by atoms with van der Waals surface area (Å²) in [4.78, 5) is 263. The molecule has 7 saturated heterocycles. The van der Waals surface area contributed by atoms with Crippen LogP contribution < -0.4 is 108 Å². The van der Waals surface area contributed by atoms with Crippen LogP contribution in [0.5, 0.6) is 0 Å². The number of hydrogen-bond donors (Lipinski definition) is 9. The zero-order valence-corrected chi connectivity index (χ0v) is 88.6. The average molecular weight is 2310 g/mol. The largest absolute Gasteiger partial charge is 0.780 e. The van der Waals surface area contributed by atoms with Crippen molar-refractivity contribution in [2.75, 3.05) is 64.0 Å². The van der Waals surface area contributed by atoms with Gasteiger partial charge in [0.05, 0.1) is 101 Å². The second-order valence-corrected chi connectivity index (χ2v) is 53.1. The molecule has 0 saturated carbocycles. The number of hydrogen-bond acceptors (Lipinski definition) is 54. The lowest BCUT2D eigenvalue weighted by molar-refractivity contribution is -0.222. The van der Waals surface area contributed by atoms with Crippen molar-refractivity contribution in [1.82, 2.24) is 86.8 Å². The molecule has 0 spiro atoms. The molecule has 28 atom stereocenters. The summed E-state index contributed by atoms with van der Waals surface area (Å²) in [6.45, 7) is -30.7. The van der Waals surface area contributed by atoms with Crippen LogP contribution in [0.25, 0.3) is 22.3 Å². The molecule has 7 aliphatic rings. The van der Waals surface area contributed by atoms with Gasteiger partial charge in [-0.25, -0.2) is 33.9 Å². The fraction of sp³-hybridized carbons (Fsp3) is 0.583. The Morgan fingerprint density at radius 3 is 0.890 bits per heavy atom. The SMILES string of the molecule is CC[C@H]1O[C@@H](n2cnc3c(=O)[nH]c(N)nc32)C[C@H]1OP([O-])(=S)OC[C@H]1O[C@@H](n2cnc3c(=O)[nH]c(N)nc32)C[C@H]1OP([O-])(=S)OC[C@H]1O[C@@H](n2cc(C)c(=O)[nH]c2=O)C[C@H]1OP(=O)([S-])OC[C@H]1O[C@@H](n2cc(C)c(=O)[nH]c2=O)C[C@H]1OP([O-])(=S)OC[C@H]1O[C@@H](n2cc(C)c(=O)[nH]c2=O)C[C@H]1OP([O-])(=S)OC[C@H]1O[C@@H](n2cc(C)c(=O)[nH]c2=O)C[C@H]1OP([O-])(=S)OC[C@H]1O[C@@H](n2cc(C)c(N)nc2=O)C[C@H]1OP([O-])(=S)OC. The molecule has 16 heterocycles. The number of rotatable bonds is 41. The van der Waals surface area contributed by atoms with Gasteiger partial charge in [0.15, 0.2) is 29.1 Å². The highest BCUT2D eigenvalue weighted by Gasteiger charge is 2.50. The Morgan fingerprint density at radius 2 is 0.603 bits per heavy atom. The summed E-state index contributed by atoms with van der Waals surface area (Å²) in [6, 6.07) is 0. The van der Waals surface area contributed by atoms with Crippen LogP contribution in [0.1, 0.15) is 130 Å². The summed E-state index contributed by atoms with van der Waals surface area (Å²) in [5.74, 6) is -0.611. The minimum absolute atomic E-state index is 0.00627. The van der Waals surface area contributed by atoms with Crippen LogP contribution in [-0.4, -0.2) is 219 Å². The van der Waals surface area contributed by atoms with Crippen LogP contribution in [0.3, 0.4) is 0 Å². The highest BCUT2D eigenvalue weighted by Crippen LogP contribution is 2.57. The van der Waals surface area contributed by atoms with Crippen molar-refractivity contribution in [1.29, 1.82) is 0 Å². The third kappa shape index (κ3) is 26.2. The zero-order valence-electron chi connectivity index (χ0n) is 76.6. The van der Waals surface area contributed by atoms with Crippen LogP contribution in [0.2, 0.25) is 0 Å². The van der Waals surface area contributed by atoms with E-state index >= 15 is 0 Å². The Morgan fingerprint density at radius 1 is 0.356 bits per heavy atom. The average Bonchev–Trinajstić information content (AvgIpc) is 1.63. The van der Waals surface area contributed by atoms with E-state index in [0.717, 1.165) is 54.7 Å². The molecule has 0 amide bonds. The number of nitrogens with one attached hydrogen (secondary N) is 6. The predicted octanol–water partition coefficient (Wildman–Crippen LogP) is -3.97. The Kier molecular flexibility index (Phi) is 34.2. The molecular weight excluding hydrogens is 2220 g/mol. The fourth-order valence-electron chi connectivity index (χ4n) is 16.8. The van der Waals surface area contributed by atoms with Gasteiger partial charge in [0, 0.05) is 111 Å². The number of H-pyrrole nitrogens is 6. The smallest absolute Gasteiger partial charge is 0.351 e. The van der Waals surface area contributed by atoms with Crippen LogP contribution in [0.15, 0.2) is 96.4 Å². The van der Waals surface area contributed by atoms with Crippen molar-refractivity contribution in [2.24, 2.45) is 0 Å². The topological polar surface area (TPSA) is 809 Å². The highest BCUT2D eigenvalue weighted by atomic mass is 32.7. The van der Waals surface area contributed by atoms with E-state index in [2.05, 4.69) is 54.8 Å². The van der Waals surface area contributed by atoms with E-state index in [9.17, 15) is 86.7 Å². The van der Waals surface area contributed by atoms with E-state index in [0.29, 0.717) is 5.56 Å². The molecular formula is C72H89N21O39P7S7-7. The maximum Gasteiger partial charge on any atom is 0.351 e. The number of anilines is 3. The molecule has 9 aromatic rings. The third-order valence-corrected chi connectivity index (χ3v) is 35.0. The van der Waals surface area contributed by atoms with E-state index in [1.165, 1.54) is 55.7 Å². The third-order valence-electron chi connectivity index (χ3n) is 24.0. The van der Waals surface area contributed by atoms with Crippen molar-refractivity contribution in [3.63, 3.8) is 0 Å². The summed E-state index contributed by atoms with van der Waals surface area (Å²) >= 11 is 37.7. The first-order valence-corrected chi connectivity index (χ1v) is 61.5. The summed E-state index contributed by atoms with van der Waals surface area (Å²) in [6.07, 6.45) is -23.9. The Labute approximate surface area is 853 Å². The summed E-state index contributed by atoms with van der Waals surface area (Å²) in [5, 5.41) is 0. The number of fused-ring (bicyclic) bond motifs is 2. The lowest BCUT2D eigenvalue weighted by Gasteiger charge is -2.36. The molecule has 7 aliphatic heterocycles. The lowest BCUT2D eigenvalue weighted by atomic mass is 10.1. The molecule has 146 heavy (non-hydrogen) atoms. The summed E-state index contributed by atoms with van der Waals surface area (Å²) in [5.41, 5.74) is 8.19. The van der Waals surface area contributed by atoms with Crippen LogP contribution in [0, 0.1) is 34.6 Å². The van der Waals surface area contributed by atoms with Gasteiger partial charge in [0.2, 0.25) is 11.9 Å². The number of ether oxygens (including phenoxy) is 7. The number of aromatic amines is 6. The molecule has 0 aromatic carbocycles. The van der Waals surface area contributed by atoms with E-state index in [-0.39, 0.29) is 88.0 Å². The first-order valence-electron chi connectivity index (χ1n) is 43.6. The summed E-state index contributed by atoms with van der Waals surface area (Å²) < 4.78 is 147. The van der Waals surface area contributed by atoms with E-state index < -0.39 is 303 Å². The number of aryl methyl sites for hydroxylation is 5. The fourth-order valence-corrected chi connectivity index (χ4v) is 26.5. The summed E-state index contributed by atoms with van der Waals surface area (Å²) in [7, 11) is 1.01. The monoisotopic (exact) mass is 2310 g/mol. The quantitative estimate of drug-likeness (QED) is 0.0130. The molecule has 60 nitrogen and oxygen atoms in total. The second-order valence-electron chi connectivity index (χ2n) is 34.0. The van der Waals surface area contributed by atoms with Crippen molar-refractivity contribution in [3.8, 4) is 0 Å². The van der Waals surface area contributed by atoms with Gasteiger partial charge in [0.25, 0.3) is 33.4 Å². The normalized spacial score (nSPS) is 29.4. The van der Waals surface area contributed by atoms with Gasteiger partial charge in [-0.3, -0.25) is 95.2 Å². The number of nitrogens with zero attached hydrogens (tertiary/aromatic N) is 12. The van der Waals surface area contributed by atoms with Crippen molar-refractivity contribution in [3.05, 3.63) is 186 Å². The minimum Gasteiger partial charge on any atom is -0.780 e. The van der Waals surface area contributed by atoms with Gasteiger partial charge < -0.3 is 155 Å². The molecule has 74 heteroatoms. The van der Waals surface area contributed by atoms with E-state index in [1.807, 2.05) is 0 Å². The molecule has 800 valence electrons. The van der Waals surface area contributed by atoms with Gasteiger partial charge in [0.1, 0.15) is 126 Å². The maximum absolute atomic E-state index is 14.9. The van der Waals surface area contributed by atoms with Crippen molar-refractivity contribution >= 4 is 170 Å². The maximum atomic E-state index is 14.9. The molecule has 16 rings (SSSR count). The molecule has 0 aliphatic carbocycles. The van der Waals surface area contributed by atoms with E-state index in [4.69, 9.17) is 197 Å². The minimum atomic E-state index is -5.11. The van der Waals surface area contributed by atoms with Gasteiger partial charge in [-0.05, 0) is 41.0 Å². The molecule has 7 unspecified atom stereocenters. The highest BCUT2D eigenvalue weighted by molar-refractivity contribution is 8.32. The Balaban J connectivity index is 0.605. The zero-order chi connectivity index (χ0) is 105. The molecule has 0 radical (unpaired) electrons. The van der Waals surface area contributed by atoms with Gasteiger partial charge in [-0.15, -0.1) is 0 Å². The first kappa shape index (κ1) is 112. The predicted molar refractivity (Wildman–Crippen MR) is 515 cm³/mol. The molecule has 12 N–H and O–H groups in total. The van der Waals surface area contributed by atoms with Gasteiger partial charge >= 0.3 is 28.4 Å². The standard InChI is InChI=1S/C72H96N21O39P7S7/c1-8-34-35(9-53(119-34)92-27-76-55-58(92)79-66(74)81-64(55)98)127-134(106,141)113-26-47-41(15-54(125-47)93-28-77-56-59(93)80-67(75)82-65(56)99)132-139(111,146)118-25-46-40(14-52(124-46)91-20-33(6)63(97)86-72(91)104)131-138(110,145)117-24-45-39(13-51(123-45)90-19-32(5)62(96)85-71(90)103)130-137(109,144)116-23-44-38(12-50(122-44)89-18-31(4)61(95)84-70(89)102)129-136(108,143)115-22-43-37(11-49(121-43)88-17-30(3)60(94)83-69(88)101)128-135(107,142)114-21-42-36(126-133(105,140)112-7)10-48(120-42)87-16-29(2)57(73)78-68(87)100/h16-20,27-28,34-54H,8-15,21-26H2,1-7H3,(H,105,140)(H,106,141)(H,107,142)(H,108,143)(H,109,144)(H,110,145)(H,111,146)(H2,73,78,100)(H,83,94,101)(H,84,95,102)(H,85,96,103)(H,86,97,104)(H3,74,79,81,98)(H3,75,80,82,99)/p-7/t34-,35-,36-,37-,38-,39-,40-,41-,42-,43-,44-,45-,46-,47-,48-,49-,50-,51-,52-,53-,54-,133?,134?,135?,136?,137?,138?,139?/m1/s1. The first-order chi connectivity index (χ1) is 68.5. The van der Waals surface area contributed by atoms with Crippen molar-refractivity contribution < 1.29 is 130 Å². The number of aromatic nitrogens is 18. The van der Waals surface area contributed by atoms with Crippen LogP contribution in [0.4, 0.5) is 17.7 Å². The Hall–Kier alpha value is -6.90. The van der Waals surface area contributed by atoms with E-state index in [1.54, 1.807) is 13.8 Å². The van der Waals surface area contributed by atoms with Crippen molar-refractivity contribution in [2.45, 2.75) is 222 Å². The number of nitrogen functional groups attached to an aromatic ring is 3. The van der Waals surface area contributed by atoms with Crippen LogP contribution >= 0.6 is 47.1 Å². The molecule has 9 aromatic heterocycles. The number of imidazole rings is 2. The van der Waals surface area contributed by atoms with Crippen LogP contribution in [-0.2, 0) is 184 Å². The molecule has 7 fully saturated rings. The number of nitrogens with two attached hydrogens (primary N) is 3. The lowest BCUT2D eigenvalue weighted by Crippen LogP contribution is -2.34. The second kappa shape index (κ2) is 44.7. The van der Waals surface area contributed by atoms with Gasteiger partial charge in [-0.1, -0.05) is 77.8 Å². The van der Waals surface area contributed by atoms with Gasteiger partial charge in [-0.2, -0.15) is 15.0 Å².